The van der Waals surface area contributed by atoms with Gasteiger partial charge in [0.15, 0.2) is 5.79 Å². The monoisotopic (exact) mass is 743 g/mol. The Balaban J connectivity index is 0.980. The van der Waals surface area contributed by atoms with Crippen molar-refractivity contribution in [1.82, 2.24) is 5.32 Å². The van der Waals surface area contributed by atoms with Crippen LogP contribution in [0.5, 0.6) is 0 Å². The minimum atomic E-state index is -1.37. The second kappa shape index (κ2) is 14.9. The van der Waals surface area contributed by atoms with Crippen LogP contribution in [0.1, 0.15) is 89.9 Å². The van der Waals surface area contributed by atoms with Crippen molar-refractivity contribution in [3.63, 3.8) is 0 Å². The van der Waals surface area contributed by atoms with Crippen LogP contribution in [-0.4, -0.2) is 134 Å². The van der Waals surface area contributed by atoms with Gasteiger partial charge in [0.05, 0.1) is 85.5 Å². The highest BCUT2D eigenvalue weighted by Crippen LogP contribution is 2.61. The van der Waals surface area contributed by atoms with Gasteiger partial charge in [-0.2, -0.15) is 0 Å². The fourth-order valence-electron chi connectivity index (χ4n) is 11.7. The molecule has 10 aliphatic heterocycles. The molecule has 0 spiro atoms. The molecule has 11 fully saturated rings. The summed E-state index contributed by atoms with van der Waals surface area (Å²) in [6.45, 7) is 9.24. The Morgan fingerprint density at radius 3 is 2.40 bits per heavy atom. The molecule has 0 aromatic heterocycles. The number of hydrogen-bond acceptors (Lipinski definition) is 12. The SMILES string of the molecule is C=C1C[C@@H]2CC[C@@]3(O)C[C@H]4OC5[C@@H]6C(O[C@H]7CC[C@H](CC(=O)C[C@@H]8[C@@H](OC)[C@@H](C[C@H](O)CNC)O[C@H]8C[C@H]8O[C@H](CCC8=C)CC[C@@H]1O2)O[C@@H]7[C@@H]6O3)[C@@H]54. The van der Waals surface area contributed by atoms with Gasteiger partial charge in [-0.15, -0.1) is 0 Å². The van der Waals surface area contributed by atoms with Crippen LogP contribution in [-0.2, 0) is 42.7 Å². The van der Waals surface area contributed by atoms with Gasteiger partial charge in [-0.3, -0.25) is 4.79 Å². The van der Waals surface area contributed by atoms with Gasteiger partial charge < -0.3 is 53.4 Å². The topological polar surface area (TPSA) is 143 Å². The van der Waals surface area contributed by atoms with Crippen molar-refractivity contribution in [2.45, 2.75) is 187 Å². The molecule has 296 valence electrons. The second-order valence-electron chi connectivity index (χ2n) is 17.8. The lowest BCUT2D eigenvalue weighted by atomic mass is 9.56. The lowest BCUT2D eigenvalue weighted by Gasteiger charge is -2.70. The van der Waals surface area contributed by atoms with E-state index in [9.17, 15) is 15.0 Å². The zero-order chi connectivity index (χ0) is 36.6. The van der Waals surface area contributed by atoms with E-state index in [-0.39, 0.29) is 116 Å². The summed E-state index contributed by atoms with van der Waals surface area (Å²) in [4.78, 5) is 14.1. The van der Waals surface area contributed by atoms with E-state index in [1.807, 2.05) is 7.05 Å². The van der Waals surface area contributed by atoms with Gasteiger partial charge in [-0.05, 0) is 69.6 Å². The Hall–Kier alpha value is -1.29. The predicted molar refractivity (Wildman–Crippen MR) is 191 cm³/mol. The van der Waals surface area contributed by atoms with E-state index in [1.165, 1.54) is 0 Å². The maximum atomic E-state index is 14.1. The minimum absolute atomic E-state index is 0.00156. The quantitative estimate of drug-likeness (QED) is 0.356. The first kappa shape index (κ1) is 37.3. The van der Waals surface area contributed by atoms with Crippen LogP contribution in [0.4, 0.5) is 0 Å². The van der Waals surface area contributed by atoms with E-state index in [4.69, 9.17) is 37.9 Å². The van der Waals surface area contributed by atoms with Gasteiger partial charge in [0.1, 0.15) is 11.9 Å². The van der Waals surface area contributed by atoms with E-state index in [2.05, 4.69) is 18.5 Å². The Bertz CT molecular complexity index is 1400. The number of ether oxygens (including phenoxy) is 8. The van der Waals surface area contributed by atoms with Crippen molar-refractivity contribution >= 4 is 5.78 Å². The molecular formula is C41H61NO11. The highest BCUT2D eigenvalue weighted by atomic mass is 16.7. The molecule has 11 rings (SSSR count). The number of methoxy groups -OCH3 is 1. The summed E-state index contributed by atoms with van der Waals surface area (Å²) >= 11 is 0. The van der Waals surface area contributed by atoms with E-state index in [0.29, 0.717) is 45.1 Å². The van der Waals surface area contributed by atoms with Crippen LogP contribution in [0.25, 0.3) is 0 Å². The summed E-state index contributed by atoms with van der Waals surface area (Å²) in [5, 5.41) is 26.0. The van der Waals surface area contributed by atoms with Gasteiger partial charge in [-0.1, -0.05) is 13.2 Å². The number of carbonyl (C=O) groups excluding carboxylic acids is 1. The lowest BCUT2D eigenvalue weighted by Crippen LogP contribution is -2.81. The number of carbonyl (C=O) groups is 1. The first-order valence-corrected chi connectivity index (χ1v) is 20.6. The van der Waals surface area contributed by atoms with Crippen molar-refractivity contribution in [3.8, 4) is 0 Å². The summed E-state index contributed by atoms with van der Waals surface area (Å²) in [6.07, 6.45) is 5.72. The Labute approximate surface area is 313 Å². The summed E-state index contributed by atoms with van der Waals surface area (Å²) in [7, 11) is 3.49. The Kier molecular flexibility index (Phi) is 10.5. The highest BCUT2D eigenvalue weighted by molar-refractivity contribution is 5.79. The van der Waals surface area contributed by atoms with Crippen LogP contribution >= 0.6 is 0 Å². The van der Waals surface area contributed by atoms with Crippen LogP contribution in [0.3, 0.4) is 0 Å². The average molecular weight is 744 g/mol. The van der Waals surface area contributed by atoms with Crippen LogP contribution in [0.2, 0.25) is 0 Å². The molecule has 12 heteroatoms. The first-order valence-electron chi connectivity index (χ1n) is 20.6. The fraction of sp³-hybridized carbons (Fsp3) is 0.878. The molecule has 19 atom stereocenters. The Morgan fingerprint density at radius 2 is 1.58 bits per heavy atom. The molecule has 10 saturated heterocycles. The van der Waals surface area contributed by atoms with Gasteiger partial charge in [0, 0.05) is 69.9 Å². The molecule has 1 aliphatic carbocycles. The maximum absolute atomic E-state index is 14.1. The number of likely N-dealkylation sites (N-methyl/N-ethyl adjacent to an activating group) is 1. The molecule has 13 bridgehead atoms. The molecule has 11 aliphatic rings. The zero-order valence-electron chi connectivity index (χ0n) is 31.5. The van der Waals surface area contributed by atoms with Crippen LogP contribution in [0.15, 0.2) is 24.3 Å². The molecule has 0 aromatic carbocycles. The number of nitrogens with one attached hydrogen (secondary N) is 1. The predicted octanol–water partition coefficient (Wildman–Crippen LogP) is 3.29. The van der Waals surface area contributed by atoms with Crippen LogP contribution < -0.4 is 5.32 Å². The molecule has 1 saturated carbocycles. The van der Waals surface area contributed by atoms with Crippen LogP contribution in [0, 0.1) is 17.8 Å². The third-order valence-corrected chi connectivity index (χ3v) is 14.4. The third-order valence-electron chi connectivity index (χ3n) is 14.4. The number of aliphatic hydroxyl groups excluding tert-OH is 1. The molecule has 0 aromatic rings. The maximum Gasteiger partial charge on any atom is 0.168 e. The molecule has 12 nitrogen and oxygen atoms in total. The summed E-state index contributed by atoms with van der Waals surface area (Å²) in [6, 6.07) is 0. The fourth-order valence-corrected chi connectivity index (χ4v) is 11.7. The number of hydrogen-bond donors (Lipinski definition) is 3. The summed E-state index contributed by atoms with van der Waals surface area (Å²) in [5.74, 6) is -1.20. The number of aliphatic hydroxyl groups is 2. The molecule has 0 radical (unpaired) electrons. The first-order chi connectivity index (χ1) is 25.6. The number of ketones is 1. The molecule has 10 heterocycles. The van der Waals surface area contributed by atoms with Crippen molar-refractivity contribution in [2.24, 2.45) is 17.8 Å². The number of fused-ring (bicyclic) bond motifs is 6. The lowest BCUT2D eigenvalue weighted by molar-refractivity contribution is -0.444. The van der Waals surface area contributed by atoms with Crippen molar-refractivity contribution in [1.29, 1.82) is 0 Å². The molecular weight excluding hydrogens is 682 g/mol. The van der Waals surface area contributed by atoms with E-state index >= 15 is 0 Å². The van der Waals surface area contributed by atoms with E-state index < -0.39 is 18.0 Å². The summed E-state index contributed by atoms with van der Waals surface area (Å²) < 4.78 is 52.8. The Morgan fingerprint density at radius 1 is 0.811 bits per heavy atom. The molecule has 3 N–H and O–H groups in total. The van der Waals surface area contributed by atoms with Crippen molar-refractivity contribution in [3.05, 3.63) is 24.3 Å². The largest absolute Gasteiger partial charge is 0.392 e. The third kappa shape index (κ3) is 7.04. The zero-order valence-corrected chi connectivity index (χ0v) is 31.5. The number of rotatable bonds is 5. The standard InChI is InChI=1S/C41H61NO11/c1-20-5-6-24-7-9-28-21(2)13-26(48-28)11-12-41(45)18-33-34-38-35(39(34)52-33)40(53-41)37-29(51-38)10-8-25(49-37)14-22(43)15-27-31(17-30(20)47-24)50-32(36(27)46-4)16-23(44)19-42-3/h23-40,42,44-45H,1-2,5-19H2,3-4H3/t23-,24+,25+,26-,27-,28-,29-,30+,31-,32+,33+,34-,35-,36+,37-,38?,39?,40+,41-/m0/s1. The second-order valence-corrected chi connectivity index (χ2v) is 17.8. The van der Waals surface area contributed by atoms with Crippen molar-refractivity contribution < 1.29 is 52.9 Å². The molecule has 2 unspecified atom stereocenters. The van der Waals surface area contributed by atoms with Gasteiger partial charge >= 0.3 is 0 Å². The highest BCUT2D eigenvalue weighted by Gasteiger charge is 2.72. The minimum Gasteiger partial charge on any atom is -0.392 e. The van der Waals surface area contributed by atoms with Gasteiger partial charge in [-0.25, -0.2) is 0 Å². The van der Waals surface area contributed by atoms with Gasteiger partial charge in [0.2, 0.25) is 0 Å². The van der Waals surface area contributed by atoms with Gasteiger partial charge in [0.25, 0.3) is 0 Å². The number of Topliss-reactive ketones (excluding diaryl/α,β-unsaturated/α-hetero) is 1. The average Bonchev–Trinajstić information content (AvgIpc) is 3.62. The summed E-state index contributed by atoms with van der Waals surface area (Å²) in [5.41, 5.74) is 2.15. The molecule has 0 amide bonds. The van der Waals surface area contributed by atoms with E-state index in [0.717, 1.165) is 49.7 Å². The van der Waals surface area contributed by atoms with Crippen molar-refractivity contribution in [2.75, 3.05) is 20.7 Å². The smallest absolute Gasteiger partial charge is 0.168 e. The molecule has 53 heavy (non-hydrogen) atoms. The normalized spacial score (nSPS) is 51.6. The van der Waals surface area contributed by atoms with E-state index in [1.54, 1.807) is 7.11 Å².